The van der Waals surface area contributed by atoms with Crippen LogP contribution in [0.25, 0.3) is 0 Å². The standard InChI is InChI=1S/C10H23NSi2/c1-10(2)9-11-12(3,4)7-8-13(11,5)6/h1,7-9H2,2-6H3. The summed E-state index contributed by atoms with van der Waals surface area (Å²) in [6.07, 6.45) is 0. The van der Waals surface area contributed by atoms with Gasteiger partial charge in [0, 0.05) is 6.54 Å². The van der Waals surface area contributed by atoms with Gasteiger partial charge in [0.2, 0.25) is 0 Å². The van der Waals surface area contributed by atoms with Crippen molar-refractivity contribution in [2.45, 2.75) is 45.2 Å². The Kier molecular flexibility index (Phi) is 2.90. The summed E-state index contributed by atoms with van der Waals surface area (Å²) in [5, 5.41) is 0. The zero-order valence-corrected chi connectivity index (χ0v) is 11.8. The second kappa shape index (κ2) is 3.37. The molecule has 0 aliphatic carbocycles. The highest BCUT2D eigenvalue weighted by Crippen LogP contribution is 2.36. The van der Waals surface area contributed by atoms with Crippen LogP contribution in [0.5, 0.6) is 0 Å². The van der Waals surface area contributed by atoms with Gasteiger partial charge >= 0.3 is 0 Å². The van der Waals surface area contributed by atoms with E-state index in [4.69, 9.17) is 0 Å². The van der Waals surface area contributed by atoms with E-state index in [1.807, 2.05) is 0 Å². The van der Waals surface area contributed by atoms with Crippen molar-refractivity contribution < 1.29 is 0 Å². The number of rotatable bonds is 2. The SMILES string of the molecule is C=C(C)CN1[Si](C)(C)CC[Si]1(C)C. The summed E-state index contributed by atoms with van der Waals surface area (Å²) in [5.41, 5.74) is 1.34. The van der Waals surface area contributed by atoms with Crippen LogP contribution < -0.4 is 0 Å². The Labute approximate surface area is 85.0 Å². The van der Waals surface area contributed by atoms with Gasteiger partial charge in [-0.25, -0.2) is 0 Å². The number of nitrogens with zero attached hydrogens (tertiary/aromatic N) is 1. The molecule has 0 amide bonds. The molecule has 0 saturated carbocycles. The predicted molar refractivity (Wildman–Crippen MR) is 66.1 cm³/mol. The third-order valence-electron chi connectivity index (χ3n) is 3.24. The van der Waals surface area contributed by atoms with Gasteiger partial charge in [-0.05, 0) is 19.0 Å². The molecule has 1 heterocycles. The molecule has 1 nitrogen and oxygen atoms in total. The summed E-state index contributed by atoms with van der Waals surface area (Å²) < 4.78 is 2.86. The van der Waals surface area contributed by atoms with E-state index in [0.29, 0.717) is 0 Å². The molecule has 0 spiro atoms. The molecule has 0 N–H and O–H groups in total. The molecule has 1 fully saturated rings. The van der Waals surface area contributed by atoms with Crippen LogP contribution in [-0.2, 0) is 0 Å². The minimum atomic E-state index is -1.03. The van der Waals surface area contributed by atoms with Crippen LogP contribution in [-0.4, -0.2) is 27.2 Å². The molecule has 1 aliphatic heterocycles. The average molecular weight is 213 g/mol. The second-order valence-electron chi connectivity index (χ2n) is 5.67. The third kappa shape index (κ3) is 2.33. The van der Waals surface area contributed by atoms with Crippen LogP contribution in [0.3, 0.4) is 0 Å². The van der Waals surface area contributed by atoms with Gasteiger partial charge in [-0.1, -0.05) is 38.3 Å². The quantitative estimate of drug-likeness (QED) is 0.503. The zero-order chi connectivity index (χ0) is 10.3. The molecule has 0 aromatic rings. The van der Waals surface area contributed by atoms with E-state index in [-0.39, 0.29) is 0 Å². The third-order valence-corrected chi connectivity index (χ3v) is 13.6. The smallest absolute Gasteiger partial charge is 0.115 e. The highest BCUT2D eigenvalue weighted by molar-refractivity contribution is 6.95. The lowest BCUT2D eigenvalue weighted by Crippen LogP contribution is -2.55. The summed E-state index contributed by atoms with van der Waals surface area (Å²) >= 11 is 0. The molecule has 0 aromatic heterocycles. The van der Waals surface area contributed by atoms with E-state index in [1.165, 1.54) is 24.2 Å². The monoisotopic (exact) mass is 213 g/mol. The van der Waals surface area contributed by atoms with Crippen LogP contribution in [0, 0.1) is 0 Å². The van der Waals surface area contributed by atoms with E-state index in [0.717, 1.165) is 0 Å². The Balaban J connectivity index is 2.81. The van der Waals surface area contributed by atoms with Crippen molar-refractivity contribution in [1.29, 1.82) is 0 Å². The fourth-order valence-corrected chi connectivity index (χ4v) is 16.5. The first kappa shape index (κ1) is 11.2. The van der Waals surface area contributed by atoms with Crippen LogP contribution in [0.2, 0.25) is 38.3 Å². The molecule has 0 unspecified atom stereocenters. The molecular formula is C10H23NSi2. The first-order chi connectivity index (χ1) is 5.76. The lowest BCUT2D eigenvalue weighted by molar-refractivity contribution is 0.681. The Morgan fingerprint density at radius 1 is 1.15 bits per heavy atom. The fraction of sp³-hybridized carbons (Fsp3) is 0.800. The molecular weight excluding hydrogens is 190 g/mol. The molecule has 0 aromatic carbocycles. The summed E-state index contributed by atoms with van der Waals surface area (Å²) in [6, 6.07) is 3.00. The molecule has 0 radical (unpaired) electrons. The van der Waals surface area contributed by atoms with Gasteiger partial charge in [0.1, 0.15) is 16.5 Å². The minimum Gasteiger partial charge on any atom is -0.342 e. The molecule has 76 valence electrons. The number of hydrogen-bond acceptors (Lipinski definition) is 1. The summed E-state index contributed by atoms with van der Waals surface area (Å²) in [7, 11) is -2.07. The Morgan fingerprint density at radius 2 is 1.54 bits per heavy atom. The Hall–Kier alpha value is 0.134. The summed E-state index contributed by atoms with van der Waals surface area (Å²) in [4.78, 5) is 0. The Bertz CT molecular complexity index is 205. The Morgan fingerprint density at radius 3 is 1.85 bits per heavy atom. The van der Waals surface area contributed by atoms with Gasteiger partial charge in [0.05, 0.1) is 0 Å². The van der Waals surface area contributed by atoms with E-state index in [1.54, 1.807) is 0 Å². The first-order valence-electron chi connectivity index (χ1n) is 5.18. The molecule has 1 aliphatic rings. The van der Waals surface area contributed by atoms with Gasteiger partial charge in [-0.3, -0.25) is 0 Å². The second-order valence-corrected chi connectivity index (χ2v) is 15.4. The van der Waals surface area contributed by atoms with E-state index in [9.17, 15) is 0 Å². The van der Waals surface area contributed by atoms with E-state index < -0.39 is 16.5 Å². The molecule has 1 saturated heterocycles. The van der Waals surface area contributed by atoms with Crippen LogP contribution in [0.1, 0.15) is 6.92 Å². The maximum Gasteiger partial charge on any atom is 0.115 e. The topological polar surface area (TPSA) is 3.24 Å². The normalized spacial score (nSPS) is 26.2. The van der Waals surface area contributed by atoms with Crippen molar-refractivity contribution in [3.8, 4) is 0 Å². The highest BCUT2D eigenvalue weighted by atomic mass is 28.4. The van der Waals surface area contributed by atoms with Crippen LogP contribution in [0.4, 0.5) is 0 Å². The van der Waals surface area contributed by atoms with Gasteiger partial charge in [-0.15, -0.1) is 0 Å². The van der Waals surface area contributed by atoms with Crippen molar-refractivity contribution in [1.82, 2.24) is 4.23 Å². The maximum absolute atomic E-state index is 4.05. The van der Waals surface area contributed by atoms with Crippen LogP contribution >= 0.6 is 0 Å². The molecule has 1 rings (SSSR count). The van der Waals surface area contributed by atoms with Crippen LogP contribution in [0.15, 0.2) is 12.2 Å². The van der Waals surface area contributed by atoms with Crippen molar-refractivity contribution in [3.63, 3.8) is 0 Å². The predicted octanol–water partition coefficient (Wildman–Crippen LogP) is 3.29. The van der Waals surface area contributed by atoms with Crippen molar-refractivity contribution in [2.24, 2.45) is 0 Å². The first-order valence-corrected chi connectivity index (χ1v) is 11.5. The van der Waals surface area contributed by atoms with Gasteiger partial charge in [0.25, 0.3) is 0 Å². The maximum atomic E-state index is 4.05. The highest BCUT2D eigenvalue weighted by Gasteiger charge is 2.46. The lowest BCUT2D eigenvalue weighted by Gasteiger charge is -2.39. The van der Waals surface area contributed by atoms with Gasteiger partial charge in [0.15, 0.2) is 0 Å². The lowest BCUT2D eigenvalue weighted by atomic mass is 10.4. The van der Waals surface area contributed by atoms with E-state index in [2.05, 4.69) is 43.9 Å². The van der Waals surface area contributed by atoms with Crippen molar-refractivity contribution in [3.05, 3.63) is 12.2 Å². The van der Waals surface area contributed by atoms with Crippen molar-refractivity contribution >= 4 is 16.5 Å². The molecule has 3 heteroatoms. The minimum absolute atomic E-state index is 1.03. The zero-order valence-electron chi connectivity index (χ0n) is 9.78. The molecule has 0 bridgehead atoms. The van der Waals surface area contributed by atoms with Gasteiger partial charge in [-0.2, -0.15) is 0 Å². The molecule has 13 heavy (non-hydrogen) atoms. The number of hydrogen-bond donors (Lipinski definition) is 0. The molecule has 0 atom stereocenters. The average Bonchev–Trinajstić information content (AvgIpc) is 2.12. The largest absolute Gasteiger partial charge is 0.342 e. The summed E-state index contributed by atoms with van der Waals surface area (Å²) in [5.74, 6) is 0. The van der Waals surface area contributed by atoms with Gasteiger partial charge < -0.3 is 4.23 Å². The van der Waals surface area contributed by atoms with Crippen molar-refractivity contribution in [2.75, 3.05) is 6.54 Å². The summed E-state index contributed by atoms with van der Waals surface area (Å²) in [6.45, 7) is 17.4. The fourth-order valence-electron chi connectivity index (χ4n) is 2.40. The van der Waals surface area contributed by atoms with E-state index >= 15 is 0 Å².